The van der Waals surface area contributed by atoms with Crippen molar-refractivity contribution < 1.29 is 14.3 Å². The first kappa shape index (κ1) is 18.1. The zero-order valence-corrected chi connectivity index (χ0v) is 15.2. The van der Waals surface area contributed by atoms with E-state index in [2.05, 4.69) is 10.6 Å². The first-order valence-electron chi connectivity index (χ1n) is 8.92. The maximum Gasteiger partial charge on any atom is 0.255 e. The zero-order valence-electron chi connectivity index (χ0n) is 15.2. The van der Waals surface area contributed by atoms with Gasteiger partial charge < -0.3 is 15.4 Å². The second kappa shape index (κ2) is 8.15. The highest BCUT2D eigenvalue weighted by molar-refractivity contribution is 6.06. The molecule has 1 unspecified atom stereocenters. The van der Waals surface area contributed by atoms with Gasteiger partial charge >= 0.3 is 0 Å². The van der Waals surface area contributed by atoms with E-state index in [0.29, 0.717) is 17.7 Å². The fourth-order valence-corrected chi connectivity index (χ4v) is 3.11. The summed E-state index contributed by atoms with van der Waals surface area (Å²) in [4.78, 5) is 24.9. The van der Waals surface area contributed by atoms with E-state index in [-0.39, 0.29) is 17.9 Å². The van der Waals surface area contributed by atoms with Gasteiger partial charge in [0, 0.05) is 30.0 Å². The highest BCUT2D eigenvalue weighted by Crippen LogP contribution is 2.20. The summed E-state index contributed by atoms with van der Waals surface area (Å²) in [5.74, 6) is -0.418. The van der Waals surface area contributed by atoms with Gasteiger partial charge in [0.2, 0.25) is 0 Å². The van der Waals surface area contributed by atoms with Crippen molar-refractivity contribution in [3.63, 3.8) is 0 Å². The maximum absolute atomic E-state index is 12.6. The van der Waals surface area contributed by atoms with Crippen LogP contribution in [0.2, 0.25) is 0 Å². The minimum absolute atomic E-state index is 0.0921. The Morgan fingerprint density at radius 3 is 2.35 bits per heavy atom. The fraction of sp³-hybridized carbons (Fsp3) is 0.333. The quantitative estimate of drug-likeness (QED) is 0.866. The molecular weight excluding hydrogens is 328 g/mol. The van der Waals surface area contributed by atoms with Crippen molar-refractivity contribution in [2.75, 3.05) is 18.5 Å². The van der Waals surface area contributed by atoms with E-state index < -0.39 is 0 Å². The third kappa shape index (κ3) is 4.29. The summed E-state index contributed by atoms with van der Waals surface area (Å²) in [6, 6.07) is 12.6. The predicted octanol–water partition coefficient (Wildman–Crippen LogP) is 3.46. The molecule has 1 fully saturated rings. The van der Waals surface area contributed by atoms with Crippen LogP contribution < -0.4 is 10.6 Å². The molecule has 1 heterocycles. The molecule has 5 nitrogen and oxygen atoms in total. The van der Waals surface area contributed by atoms with Crippen molar-refractivity contribution in [3.8, 4) is 0 Å². The maximum atomic E-state index is 12.6. The normalized spacial score (nSPS) is 16.3. The topological polar surface area (TPSA) is 67.4 Å². The number of nitrogens with one attached hydrogen (secondary N) is 2. The van der Waals surface area contributed by atoms with Gasteiger partial charge in [-0.2, -0.15) is 0 Å². The summed E-state index contributed by atoms with van der Waals surface area (Å²) in [5.41, 5.74) is 3.74. The molecule has 0 bridgehead atoms. The van der Waals surface area contributed by atoms with Crippen LogP contribution in [0.4, 0.5) is 5.69 Å². The van der Waals surface area contributed by atoms with Crippen LogP contribution in [-0.2, 0) is 4.74 Å². The smallest absolute Gasteiger partial charge is 0.255 e. The number of hydrogen-bond donors (Lipinski definition) is 2. The zero-order chi connectivity index (χ0) is 18.5. The van der Waals surface area contributed by atoms with Crippen LogP contribution in [0.25, 0.3) is 0 Å². The molecular formula is C21H24N2O3. The number of carbonyl (C=O) groups excluding carboxylic acids is 2. The molecule has 0 radical (unpaired) electrons. The number of amides is 2. The summed E-state index contributed by atoms with van der Waals surface area (Å²) in [6.45, 7) is 5.17. The summed E-state index contributed by atoms with van der Waals surface area (Å²) in [5, 5.41) is 5.83. The van der Waals surface area contributed by atoms with E-state index in [1.807, 2.05) is 32.0 Å². The third-order valence-corrected chi connectivity index (χ3v) is 4.62. The van der Waals surface area contributed by atoms with E-state index in [4.69, 9.17) is 4.74 Å². The lowest BCUT2D eigenvalue weighted by atomic mass is 10.1. The molecule has 0 aromatic heterocycles. The molecule has 2 amide bonds. The highest BCUT2D eigenvalue weighted by atomic mass is 16.5. The standard InChI is InChI=1S/C21H24N2O3/c1-14-6-3-7-15(2)19(14)23-21(25)17-9-4-8-16(12-17)20(24)22-13-18-10-5-11-26-18/h3-4,6-9,12,18H,5,10-11,13H2,1-2H3,(H,22,24)(H,23,25). The molecule has 1 saturated heterocycles. The van der Waals surface area contributed by atoms with Gasteiger partial charge in [0.25, 0.3) is 11.8 Å². The van der Waals surface area contributed by atoms with E-state index in [1.54, 1.807) is 24.3 Å². The Morgan fingerprint density at radius 1 is 1.04 bits per heavy atom. The Hall–Kier alpha value is -2.66. The number of hydrogen-bond acceptors (Lipinski definition) is 3. The van der Waals surface area contributed by atoms with Gasteiger partial charge in [0.1, 0.15) is 0 Å². The first-order chi connectivity index (χ1) is 12.5. The highest BCUT2D eigenvalue weighted by Gasteiger charge is 2.17. The molecule has 2 aromatic carbocycles. The molecule has 1 aliphatic rings. The molecule has 1 atom stereocenters. The molecule has 5 heteroatoms. The number of rotatable bonds is 5. The van der Waals surface area contributed by atoms with Gasteiger partial charge in [-0.05, 0) is 56.0 Å². The summed E-state index contributed by atoms with van der Waals surface area (Å²) >= 11 is 0. The summed E-state index contributed by atoms with van der Waals surface area (Å²) in [6.07, 6.45) is 2.10. The lowest BCUT2D eigenvalue weighted by Gasteiger charge is -2.13. The Bertz CT molecular complexity index is 790. The van der Waals surface area contributed by atoms with Crippen molar-refractivity contribution in [1.29, 1.82) is 0 Å². The molecule has 3 rings (SSSR count). The number of para-hydroxylation sites is 1. The van der Waals surface area contributed by atoms with Crippen LogP contribution in [0.1, 0.15) is 44.7 Å². The first-order valence-corrected chi connectivity index (χ1v) is 8.92. The lowest BCUT2D eigenvalue weighted by molar-refractivity contribution is 0.0858. The van der Waals surface area contributed by atoms with E-state index in [0.717, 1.165) is 36.3 Å². The second-order valence-corrected chi connectivity index (χ2v) is 6.65. The Morgan fingerprint density at radius 2 is 1.69 bits per heavy atom. The monoisotopic (exact) mass is 352 g/mol. The minimum Gasteiger partial charge on any atom is -0.376 e. The number of carbonyl (C=O) groups is 2. The van der Waals surface area contributed by atoms with Gasteiger partial charge in [0.15, 0.2) is 0 Å². The summed E-state index contributed by atoms with van der Waals surface area (Å²) in [7, 11) is 0. The lowest BCUT2D eigenvalue weighted by Crippen LogP contribution is -2.31. The molecule has 136 valence electrons. The van der Waals surface area contributed by atoms with Crippen LogP contribution in [0.15, 0.2) is 42.5 Å². The predicted molar refractivity (Wildman–Crippen MR) is 102 cm³/mol. The molecule has 26 heavy (non-hydrogen) atoms. The van der Waals surface area contributed by atoms with Crippen LogP contribution in [0.3, 0.4) is 0 Å². The van der Waals surface area contributed by atoms with Gasteiger partial charge in [0.05, 0.1) is 6.10 Å². The minimum atomic E-state index is -0.226. The molecule has 0 aliphatic carbocycles. The third-order valence-electron chi connectivity index (χ3n) is 4.62. The Balaban J connectivity index is 1.68. The van der Waals surface area contributed by atoms with Crippen LogP contribution in [-0.4, -0.2) is 31.1 Å². The molecule has 2 aromatic rings. The van der Waals surface area contributed by atoms with Gasteiger partial charge in [-0.15, -0.1) is 0 Å². The average Bonchev–Trinajstić information content (AvgIpc) is 3.16. The molecule has 0 spiro atoms. The van der Waals surface area contributed by atoms with E-state index in [1.165, 1.54) is 0 Å². The number of aryl methyl sites for hydroxylation is 2. The Kier molecular flexibility index (Phi) is 5.68. The van der Waals surface area contributed by atoms with Crippen LogP contribution in [0, 0.1) is 13.8 Å². The van der Waals surface area contributed by atoms with Crippen LogP contribution in [0.5, 0.6) is 0 Å². The second-order valence-electron chi connectivity index (χ2n) is 6.65. The van der Waals surface area contributed by atoms with Crippen molar-refractivity contribution in [2.45, 2.75) is 32.8 Å². The largest absolute Gasteiger partial charge is 0.376 e. The van der Waals surface area contributed by atoms with Gasteiger partial charge in [-0.1, -0.05) is 24.3 Å². The van der Waals surface area contributed by atoms with Crippen molar-refractivity contribution >= 4 is 17.5 Å². The average molecular weight is 352 g/mol. The van der Waals surface area contributed by atoms with Crippen molar-refractivity contribution in [1.82, 2.24) is 5.32 Å². The number of benzene rings is 2. The summed E-state index contributed by atoms with van der Waals surface area (Å²) < 4.78 is 5.51. The molecule has 0 saturated carbocycles. The van der Waals surface area contributed by atoms with Gasteiger partial charge in [-0.3, -0.25) is 9.59 Å². The Labute approximate surface area is 153 Å². The SMILES string of the molecule is Cc1cccc(C)c1NC(=O)c1cccc(C(=O)NCC2CCCO2)c1. The number of ether oxygens (including phenoxy) is 1. The van der Waals surface area contributed by atoms with E-state index in [9.17, 15) is 9.59 Å². The van der Waals surface area contributed by atoms with Gasteiger partial charge in [-0.25, -0.2) is 0 Å². The van der Waals surface area contributed by atoms with E-state index >= 15 is 0 Å². The molecule has 2 N–H and O–H groups in total. The fourth-order valence-electron chi connectivity index (χ4n) is 3.11. The van der Waals surface area contributed by atoms with Crippen LogP contribution >= 0.6 is 0 Å². The molecule has 1 aliphatic heterocycles. The van der Waals surface area contributed by atoms with Crippen molar-refractivity contribution in [3.05, 3.63) is 64.7 Å². The van der Waals surface area contributed by atoms with Crippen molar-refractivity contribution in [2.24, 2.45) is 0 Å². The number of anilines is 1.